The number of aryl methyl sites for hydroxylation is 3. The predicted octanol–water partition coefficient (Wildman–Crippen LogP) is 1.00. The lowest BCUT2D eigenvalue weighted by Crippen LogP contribution is -2.56. The largest absolute Gasteiger partial charge is 0.487 e. The summed E-state index contributed by atoms with van der Waals surface area (Å²) in [7, 11) is -3.64. The van der Waals surface area contributed by atoms with Gasteiger partial charge in [-0.05, 0) is 20.8 Å². The second kappa shape index (κ2) is 5.50. The molecule has 1 aliphatic rings. The van der Waals surface area contributed by atoms with Gasteiger partial charge in [0.1, 0.15) is 28.2 Å². The summed E-state index contributed by atoms with van der Waals surface area (Å²) in [6, 6.07) is 2.82. The maximum atomic E-state index is 12.5. The zero-order valence-corrected chi connectivity index (χ0v) is 13.7. The SMILES string of the molecule is Cc1cc(OC2CN(S(=O)(=O)c3c(C)noc3C)C2)cc(=O)o1. The van der Waals surface area contributed by atoms with E-state index in [4.69, 9.17) is 13.7 Å². The van der Waals surface area contributed by atoms with Crippen LogP contribution in [0.4, 0.5) is 0 Å². The molecule has 1 aliphatic heterocycles. The maximum Gasteiger partial charge on any atom is 0.339 e. The zero-order chi connectivity index (χ0) is 16.8. The van der Waals surface area contributed by atoms with Crippen LogP contribution in [-0.2, 0) is 10.0 Å². The van der Waals surface area contributed by atoms with Gasteiger partial charge in [0, 0.05) is 6.07 Å². The minimum atomic E-state index is -3.64. The van der Waals surface area contributed by atoms with Crippen LogP contribution in [0.1, 0.15) is 17.2 Å². The molecule has 23 heavy (non-hydrogen) atoms. The number of nitrogens with zero attached hydrogens (tertiary/aromatic N) is 2. The highest BCUT2D eigenvalue weighted by atomic mass is 32.2. The summed E-state index contributed by atoms with van der Waals surface area (Å²) in [6.07, 6.45) is -0.313. The molecule has 2 aromatic rings. The van der Waals surface area contributed by atoms with Crippen LogP contribution in [0.5, 0.6) is 5.75 Å². The molecule has 0 N–H and O–H groups in total. The topological polar surface area (TPSA) is 103 Å². The van der Waals surface area contributed by atoms with Crippen molar-refractivity contribution in [3.05, 3.63) is 39.8 Å². The Morgan fingerprint density at radius 2 is 1.96 bits per heavy atom. The average Bonchev–Trinajstić information content (AvgIpc) is 2.72. The molecule has 0 aliphatic carbocycles. The van der Waals surface area contributed by atoms with E-state index in [1.54, 1.807) is 26.8 Å². The number of hydrogen-bond acceptors (Lipinski definition) is 7. The van der Waals surface area contributed by atoms with Crippen LogP contribution in [0, 0.1) is 20.8 Å². The van der Waals surface area contributed by atoms with Crippen LogP contribution in [0.25, 0.3) is 0 Å². The van der Waals surface area contributed by atoms with Crippen LogP contribution in [-0.4, -0.2) is 37.1 Å². The lowest BCUT2D eigenvalue weighted by Gasteiger charge is -2.37. The summed E-state index contributed by atoms with van der Waals surface area (Å²) < 4.78 is 41.7. The van der Waals surface area contributed by atoms with E-state index in [9.17, 15) is 13.2 Å². The van der Waals surface area contributed by atoms with Crippen LogP contribution >= 0.6 is 0 Å². The van der Waals surface area contributed by atoms with E-state index < -0.39 is 15.6 Å². The minimum absolute atomic E-state index is 0.104. The number of aromatic nitrogens is 1. The van der Waals surface area contributed by atoms with Crippen LogP contribution in [0.15, 0.2) is 30.8 Å². The third kappa shape index (κ3) is 2.89. The molecular formula is C14H16N2O6S. The second-order valence-electron chi connectivity index (χ2n) is 5.44. The standard InChI is InChI=1S/C14H16N2O6S/c1-8-4-11(5-13(17)20-8)21-12-6-16(7-12)23(18,19)14-9(2)15-22-10(14)3/h4-5,12H,6-7H2,1-3H3. The molecule has 0 bridgehead atoms. The molecule has 9 heteroatoms. The molecule has 8 nitrogen and oxygen atoms in total. The maximum absolute atomic E-state index is 12.5. The summed E-state index contributed by atoms with van der Waals surface area (Å²) >= 11 is 0. The molecule has 1 saturated heterocycles. The lowest BCUT2D eigenvalue weighted by atomic mass is 10.2. The van der Waals surface area contributed by atoms with Gasteiger partial charge in [0.15, 0.2) is 5.76 Å². The van der Waals surface area contributed by atoms with E-state index in [0.717, 1.165) is 0 Å². The van der Waals surface area contributed by atoms with E-state index in [1.165, 1.54) is 10.4 Å². The van der Waals surface area contributed by atoms with Gasteiger partial charge < -0.3 is 13.7 Å². The fourth-order valence-electron chi connectivity index (χ4n) is 2.48. The van der Waals surface area contributed by atoms with Gasteiger partial charge in [0.2, 0.25) is 10.0 Å². The Morgan fingerprint density at radius 1 is 1.26 bits per heavy atom. The van der Waals surface area contributed by atoms with Gasteiger partial charge in [-0.25, -0.2) is 13.2 Å². The number of sulfonamides is 1. The predicted molar refractivity (Wildman–Crippen MR) is 78.9 cm³/mol. The molecule has 0 atom stereocenters. The first-order chi connectivity index (χ1) is 10.8. The first kappa shape index (κ1) is 15.8. The van der Waals surface area contributed by atoms with E-state index in [-0.39, 0.29) is 29.8 Å². The Balaban J connectivity index is 1.70. The molecule has 0 amide bonds. The molecule has 0 spiro atoms. The van der Waals surface area contributed by atoms with E-state index in [1.807, 2.05) is 0 Å². The van der Waals surface area contributed by atoms with Gasteiger partial charge in [-0.3, -0.25) is 0 Å². The lowest BCUT2D eigenvalue weighted by molar-refractivity contribution is 0.0753. The molecule has 0 saturated carbocycles. The Hall–Kier alpha value is -2.13. The van der Waals surface area contributed by atoms with Gasteiger partial charge in [-0.1, -0.05) is 5.16 Å². The van der Waals surface area contributed by atoms with Gasteiger partial charge >= 0.3 is 5.63 Å². The van der Waals surface area contributed by atoms with Crippen molar-refractivity contribution in [1.29, 1.82) is 0 Å². The van der Waals surface area contributed by atoms with Crippen LogP contribution < -0.4 is 10.4 Å². The Kier molecular flexibility index (Phi) is 3.77. The van der Waals surface area contributed by atoms with Crippen LogP contribution in [0.2, 0.25) is 0 Å². The molecule has 0 radical (unpaired) electrons. The van der Waals surface area contributed by atoms with Crippen molar-refractivity contribution in [3.8, 4) is 5.75 Å². The summed E-state index contributed by atoms with van der Waals surface area (Å²) in [5, 5.41) is 3.67. The summed E-state index contributed by atoms with van der Waals surface area (Å²) in [5.74, 6) is 1.08. The third-order valence-electron chi connectivity index (χ3n) is 3.55. The highest BCUT2D eigenvalue weighted by Crippen LogP contribution is 2.28. The molecular weight excluding hydrogens is 324 g/mol. The third-order valence-corrected chi connectivity index (χ3v) is 5.63. The molecule has 3 heterocycles. The highest BCUT2D eigenvalue weighted by molar-refractivity contribution is 7.89. The van der Waals surface area contributed by atoms with E-state index in [2.05, 4.69) is 5.16 Å². The van der Waals surface area contributed by atoms with Crippen molar-refractivity contribution in [3.63, 3.8) is 0 Å². The molecule has 3 rings (SSSR count). The summed E-state index contributed by atoms with van der Waals surface area (Å²) in [4.78, 5) is 11.4. The van der Waals surface area contributed by atoms with Crippen molar-refractivity contribution >= 4 is 10.0 Å². The van der Waals surface area contributed by atoms with Crippen molar-refractivity contribution < 1.29 is 22.1 Å². The monoisotopic (exact) mass is 340 g/mol. The van der Waals surface area contributed by atoms with Gasteiger partial charge in [0.05, 0.1) is 19.2 Å². The average molecular weight is 340 g/mol. The fourth-order valence-corrected chi connectivity index (χ4v) is 4.27. The second-order valence-corrected chi connectivity index (χ2v) is 7.31. The Morgan fingerprint density at radius 3 is 2.52 bits per heavy atom. The number of hydrogen-bond donors (Lipinski definition) is 0. The van der Waals surface area contributed by atoms with Crippen molar-refractivity contribution in [2.75, 3.05) is 13.1 Å². The number of ether oxygens (including phenoxy) is 1. The minimum Gasteiger partial charge on any atom is -0.487 e. The zero-order valence-electron chi connectivity index (χ0n) is 12.9. The molecule has 2 aromatic heterocycles. The first-order valence-corrected chi connectivity index (χ1v) is 8.43. The normalized spacial score (nSPS) is 16.3. The highest BCUT2D eigenvalue weighted by Gasteiger charge is 2.40. The van der Waals surface area contributed by atoms with Crippen molar-refractivity contribution in [2.24, 2.45) is 0 Å². The van der Waals surface area contributed by atoms with Crippen molar-refractivity contribution in [2.45, 2.75) is 31.8 Å². The Labute approximate surface area is 132 Å². The smallest absolute Gasteiger partial charge is 0.339 e. The molecule has 1 fully saturated rings. The quantitative estimate of drug-likeness (QED) is 0.818. The molecule has 0 aromatic carbocycles. The van der Waals surface area contributed by atoms with Gasteiger partial charge in [-0.15, -0.1) is 0 Å². The Bertz CT molecular complexity index is 873. The van der Waals surface area contributed by atoms with Crippen molar-refractivity contribution in [1.82, 2.24) is 9.46 Å². The summed E-state index contributed by atoms with van der Waals surface area (Å²) in [5.41, 5.74) is -0.164. The van der Waals surface area contributed by atoms with E-state index >= 15 is 0 Å². The molecule has 124 valence electrons. The van der Waals surface area contributed by atoms with Crippen LogP contribution in [0.3, 0.4) is 0 Å². The van der Waals surface area contributed by atoms with E-state index in [0.29, 0.717) is 17.2 Å². The number of rotatable bonds is 4. The van der Waals surface area contributed by atoms with Gasteiger partial charge in [-0.2, -0.15) is 4.31 Å². The first-order valence-electron chi connectivity index (χ1n) is 6.99. The fraction of sp³-hybridized carbons (Fsp3) is 0.429. The molecule has 0 unspecified atom stereocenters. The van der Waals surface area contributed by atoms with Gasteiger partial charge in [0.25, 0.3) is 0 Å². The summed E-state index contributed by atoms with van der Waals surface area (Å²) in [6.45, 7) is 5.19.